The number of hydrogen-bond donors (Lipinski definition) is 1. The minimum absolute atomic E-state index is 0.201. The van der Waals surface area contributed by atoms with Gasteiger partial charge in [0.2, 0.25) is 5.91 Å². The maximum absolute atomic E-state index is 12.1. The number of ketones is 1. The molecule has 0 atom stereocenters. The SMILES string of the molecule is COc1ccc(C(=O)OCC(=O)c2ccc(NC(C)=O)cc2)cc1OC. The Hall–Kier alpha value is -3.35. The van der Waals surface area contributed by atoms with E-state index in [0.29, 0.717) is 22.7 Å². The average Bonchev–Trinajstić information content (AvgIpc) is 2.65. The maximum atomic E-state index is 12.1. The van der Waals surface area contributed by atoms with E-state index in [4.69, 9.17) is 14.2 Å². The standard InChI is InChI=1S/C19H19NO6/c1-12(21)20-15-7-4-13(5-8-15)16(22)11-26-19(23)14-6-9-17(24-2)18(10-14)25-3/h4-10H,11H2,1-3H3,(H,20,21). The Morgan fingerprint density at radius 3 is 2.08 bits per heavy atom. The summed E-state index contributed by atoms with van der Waals surface area (Å²) in [6.07, 6.45) is 0. The molecule has 26 heavy (non-hydrogen) atoms. The number of hydrogen-bond acceptors (Lipinski definition) is 6. The molecule has 0 aliphatic carbocycles. The van der Waals surface area contributed by atoms with Gasteiger partial charge in [-0.15, -0.1) is 0 Å². The molecule has 0 spiro atoms. The summed E-state index contributed by atoms with van der Waals surface area (Å²) < 4.78 is 15.3. The van der Waals surface area contributed by atoms with Crippen molar-refractivity contribution in [3.8, 4) is 11.5 Å². The van der Waals surface area contributed by atoms with Crippen molar-refractivity contribution in [1.29, 1.82) is 0 Å². The second-order valence-electron chi connectivity index (χ2n) is 5.33. The van der Waals surface area contributed by atoms with Crippen molar-refractivity contribution < 1.29 is 28.6 Å². The molecule has 0 unspecified atom stereocenters. The summed E-state index contributed by atoms with van der Waals surface area (Å²) in [5.74, 6) is -0.323. The highest BCUT2D eigenvalue weighted by Gasteiger charge is 2.14. The Kier molecular flexibility index (Phi) is 6.32. The van der Waals surface area contributed by atoms with Crippen molar-refractivity contribution >= 4 is 23.3 Å². The molecule has 7 heteroatoms. The molecule has 2 rings (SSSR count). The summed E-state index contributed by atoms with van der Waals surface area (Å²) in [6.45, 7) is 0.999. The van der Waals surface area contributed by atoms with Gasteiger partial charge in [-0.3, -0.25) is 9.59 Å². The third-order valence-electron chi connectivity index (χ3n) is 3.48. The molecule has 0 bridgehead atoms. The van der Waals surface area contributed by atoms with E-state index in [9.17, 15) is 14.4 Å². The predicted molar refractivity (Wildman–Crippen MR) is 94.9 cm³/mol. The molecule has 0 saturated heterocycles. The largest absolute Gasteiger partial charge is 0.493 e. The zero-order valence-electron chi connectivity index (χ0n) is 14.7. The Morgan fingerprint density at radius 2 is 1.50 bits per heavy atom. The average molecular weight is 357 g/mol. The van der Waals surface area contributed by atoms with Gasteiger partial charge >= 0.3 is 5.97 Å². The van der Waals surface area contributed by atoms with Crippen LogP contribution in [0, 0.1) is 0 Å². The third-order valence-corrected chi connectivity index (χ3v) is 3.48. The lowest BCUT2D eigenvalue weighted by Gasteiger charge is -2.09. The fourth-order valence-electron chi connectivity index (χ4n) is 2.20. The van der Waals surface area contributed by atoms with Crippen molar-refractivity contribution in [2.75, 3.05) is 26.1 Å². The van der Waals surface area contributed by atoms with Gasteiger partial charge in [-0.25, -0.2) is 4.79 Å². The van der Waals surface area contributed by atoms with Gasteiger partial charge in [0.1, 0.15) is 0 Å². The molecule has 0 radical (unpaired) electrons. The summed E-state index contributed by atoms with van der Waals surface area (Å²) in [7, 11) is 2.95. The minimum atomic E-state index is -0.644. The molecule has 2 aromatic carbocycles. The van der Waals surface area contributed by atoms with Crippen LogP contribution in [0.15, 0.2) is 42.5 Å². The molecule has 1 N–H and O–H groups in total. The van der Waals surface area contributed by atoms with Crippen LogP contribution in [0.4, 0.5) is 5.69 Å². The van der Waals surface area contributed by atoms with E-state index >= 15 is 0 Å². The number of nitrogens with one attached hydrogen (secondary N) is 1. The van der Waals surface area contributed by atoms with E-state index in [0.717, 1.165) is 0 Å². The Labute approximate surface area is 150 Å². The number of methoxy groups -OCH3 is 2. The molecule has 0 aliphatic heterocycles. The van der Waals surface area contributed by atoms with E-state index in [2.05, 4.69) is 5.32 Å². The van der Waals surface area contributed by atoms with Crippen LogP contribution in [-0.2, 0) is 9.53 Å². The van der Waals surface area contributed by atoms with Crippen LogP contribution in [0.25, 0.3) is 0 Å². The number of amides is 1. The lowest BCUT2D eigenvalue weighted by atomic mass is 10.1. The first-order chi connectivity index (χ1) is 12.4. The molecule has 0 aliphatic rings. The maximum Gasteiger partial charge on any atom is 0.338 e. The third kappa shape index (κ3) is 4.83. The topological polar surface area (TPSA) is 90.9 Å². The normalized spacial score (nSPS) is 9.96. The lowest BCUT2D eigenvalue weighted by molar-refractivity contribution is -0.114. The van der Waals surface area contributed by atoms with E-state index in [1.165, 1.54) is 33.3 Å². The number of esters is 1. The second-order valence-corrected chi connectivity index (χ2v) is 5.33. The molecular weight excluding hydrogens is 338 g/mol. The first kappa shape index (κ1) is 19.0. The fraction of sp³-hybridized carbons (Fsp3) is 0.211. The highest BCUT2D eigenvalue weighted by molar-refractivity contribution is 6.00. The lowest BCUT2D eigenvalue weighted by Crippen LogP contribution is -2.14. The van der Waals surface area contributed by atoms with Crippen LogP contribution in [0.3, 0.4) is 0 Å². The van der Waals surface area contributed by atoms with Crippen LogP contribution in [0.5, 0.6) is 11.5 Å². The van der Waals surface area contributed by atoms with E-state index in [-0.39, 0.29) is 17.3 Å². The van der Waals surface area contributed by atoms with Crippen molar-refractivity contribution in [3.05, 3.63) is 53.6 Å². The number of ether oxygens (including phenoxy) is 3. The number of carbonyl (C=O) groups is 3. The summed E-state index contributed by atoms with van der Waals surface area (Å²) in [5.41, 5.74) is 1.20. The van der Waals surface area contributed by atoms with Gasteiger partial charge in [0.05, 0.1) is 19.8 Å². The monoisotopic (exact) mass is 357 g/mol. The van der Waals surface area contributed by atoms with Crippen LogP contribution >= 0.6 is 0 Å². The van der Waals surface area contributed by atoms with Crippen LogP contribution in [-0.4, -0.2) is 38.5 Å². The summed E-state index contributed by atoms with van der Waals surface area (Å²) >= 11 is 0. The molecule has 2 aromatic rings. The molecule has 0 aromatic heterocycles. The van der Waals surface area contributed by atoms with Crippen molar-refractivity contribution in [3.63, 3.8) is 0 Å². The number of carbonyl (C=O) groups excluding carboxylic acids is 3. The molecule has 0 heterocycles. The van der Waals surface area contributed by atoms with Gasteiger partial charge < -0.3 is 19.5 Å². The number of anilines is 1. The zero-order valence-corrected chi connectivity index (χ0v) is 14.7. The van der Waals surface area contributed by atoms with E-state index in [1.54, 1.807) is 30.3 Å². The molecular formula is C19H19NO6. The quantitative estimate of drug-likeness (QED) is 0.605. The van der Waals surface area contributed by atoms with Crippen LogP contribution in [0.1, 0.15) is 27.6 Å². The van der Waals surface area contributed by atoms with Crippen molar-refractivity contribution in [2.24, 2.45) is 0 Å². The number of Topliss-reactive ketones (excluding diaryl/α,β-unsaturated/α-hetero) is 1. The Morgan fingerprint density at radius 1 is 0.885 bits per heavy atom. The second kappa shape index (κ2) is 8.66. The molecule has 0 saturated carbocycles. The molecule has 136 valence electrons. The van der Waals surface area contributed by atoms with Gasteiger partial charge in [-0.05, 0) is 42.5 Å². The van der Waals surface area contributed by atoms with Gasteiger partial charge in [0, 0.05) is 18.2 Å². The summed E-state index contributed by atoms with van der Waals surface area (Å²) in [6, 6.07) is 10.9. The van der Waals surface area contributed by atoms with E-state index < -0.39 is 12.6 Å². The number of benzene rings is 2. The highest BCUT2D eigenvalue weighted by atomic mass is 16.5. The first-order valence-electron chi connectivity index (χ1n) is 7.74. The predicted octanol–water partition coefficient (Wildman–Crippen LogP) is 2.70. The summed E-state index contributed by atoms with van der Waals surface area (Å²) in [4.78, 5) is 35.2. The van der Waals surface area contributed by atoms with Gasteiger partial charge in [-0.2, -0.15) is 0 Å². The fourth-order valence-corrected chi connectivity index (χ4v) is 2.20. The smallest absolute Gasteiger partial charge is 0.338 e. The van der Waals surface area contributed by atoms with Gasteiger partial charge in [0.25, 0.3) is 0 Å². The Balaban J connectivity index is 1.98. The minimum Gasteiger partial charge on any atom is -0.493 e. The van der Waals surface area contributed by atoms with Crippen LogP contribution in [0.2, 0.25) is 0 Å². The number of rotatable bonds is 7. The molecule has 7 nitrogen and oxygen atoms in total. The highest BCUT2D eigenvalue weighted by Crippen LogP contribution is 2.27. The van der Waals surface area contributed by atoms with Crippen molar-refractivity contribution in [1.82, 2.24) is 0 Å². The van der Waals surface area contributed by atoms with Crippen molar-refractivity contribution in [2.45, 2.75) is 6.92 Å². The van der Waals surface area contributed by atoms with E-state index in [1.807, 2.05) is 0 Å². The van der Waals surface area contributed by atoms with Crippen LogP contribution < -0.4 is 14.8 Å². The van der Waals surface area contributed by atoms with Gasteiger partial charge in [0.15, 0.2) is 23.9 Å². The molecule has 0 fully saturated rings. The zero-order chi connectivity index (χ0) is 19.1. The van der Waals surface area contributed by atoms with Gasteiger partial charge in [-0.1, -0.05) is 0 Å². The Bertz CT molecular complexity index is 813. The summed E-state index contributed by atoms with van der Waals surface area (Å²) in [5, 5.41) is 2.61. The molecule has 1 amide bonds. The first-order valence-corrected chi connectivity index (χ1v) is 7.74.